The Labute approximate surface area is 93.5 Å². The molecule has 1 fully saturated rings. The molecule has 0 aromatic heterocycles. The molecule has 0 aromatic rings. The fraction of sp³-hybridized carbons (Fsp3) is 1.00. The van der Waals surface area contributed by atoms with Gasteiger partial charge in [0, 0.05) is 26.1 Å². The summed E-state index contributed by atoms with van der Waals surface area (Å²) in [6.07, 6.45) is 1.16. The first-order chi connectivity index (χ1) is 6.78. The van der Waals surface area contributed by atoms with Crippen LogP contribution < -0.4 is 5.32 Å². The first-order valence-electron chi connectivity index (χ1n) is 5.74. The molecule has 90 valence electrons. The second-order valence-electron chi connectivity index (χ2n) is 5.58. The molecule has 1 aliphatic rings. The summed E-state index contributed by atoms with van der Waals surface area (Å²) in [5.41, 5.74) is -0.248. The molecule has 0 saturated carbocycles. The molecular weight excluding hydrogens is 190 g/mol. The molecule has 1 aliphatic heterocycles. The number of ether oxygens (including phenoxy) is 2. The van der Waals surface area contributed by atoms with E-state index in [-0.39, 0.29) is 17.3 Å². The van der Waals surface area contributed by atoms with Gasteiger partial charge in [0.2, 0.25) is 0 Å². The third-order valence-electron chi connectivity index (χ3n) is 3.32. The summed E-state index contributed by atoms with van der Waals surface area (Å²) in [5.74, 6) is 0. The Morgan fingerprint density at radius 1 is 1.47 bits per heavy atom. The van der Waals surface area contributed by atoms with Crippen molar-refractivity contribution in [3.63, 3.8) is 0 Å². The Hall–Kier alpha value is -0.120. The molecule has 1 heterocycles. The summed E-state index contributed by atoms with van der Waals surface area (Å²) in [4.78, 5) is 0. The van der Waals surface area contributed by atoms with Crippen LogP contribution in [-0.4, -0.2) is 37.0 Å². The topological polar surface area (TPSA) is 30.5 Å². The molecule has 3 nitrogen and oxygen atoms in total. The summed E-state index contributed by atoms with van der Waals surface area (Å²) in [5, 5.41) is 3.49. The monoisotopic (exact) mass is 215 g/mol. The van der Waals surface area contributed by atoms with Crippen LogP contribution in [0.1, 0.15) is 41.0 Å². The van der Waals surface area contributed by atoms with E-state index in [0.29, 0.717) is 6.04 Å². The Morgan fingerprint density at radius 2 is 2.07 bits per heavy atom. The van der Waals surface area contributed by atoms with Gasteiger partial charge in [-0.2, -0.15) is 0 Å². The van der Waals surface area contributed by atoms with Gasteiger partial charge in [-0.25, -0.2) is 0 Å². The van der Waals surface area contributed by atoms with Crippen LogP contribution >= 0.6 is 0 Å². The molecule has 3 unspecified atom stereocenters. The molecule has 0 spiro atoms. The lowest BCUT2D eigenvalue weighted by atomic mass is 9.88. The Bertz CT molecular complexity index is 218. The van der Waals surface area contributed by atoms with Crippen LogP contribution in [0.4, 0.5) is 0 Å². The average molecular weight is 215 g/mol. The maximum atomic E-state index is 6.08. The van der Waals surface area contributed by atoms with Crippen molar-refractivity contribution >= 4 is 0 Å². The van der Waals surface area contributed by atoms with Gasteiger partial charge in [0.05, 0.1) is 17.3 Å². The zero-order valence-electron chi connectivity index (χ0n) is 10.9. The van der Waals surface area contributed by atoms with E-state index in [4.69, 9.17) is 9.47 Å². The lowest BCUT2D eigenvalue weighted by molar-refractivity contribution is -0.149. The van der Waals surface area contributed by atoms with Crippen molar-refractivity contribution in [1.29, 1.82) is 0 Å². The second-order valence-corrected chi connectivity index (χ2v) is 5.58. The van der Waals surface area contributed by atoms with E-state index in [1.807, 2.05) is 0 Å². The molecule has 1 rings (SSSR count). The van der Waals surface area contributed by atoms with Crippen LogP contribution in [0.25, 0.3) is 0 Å². The SMILES string of the molecule is COC(C)(C)CC1(C)CNC(C)C(C)O1. The van der Waals surface area contributed by atoms with Crippen LogP contribution in [0.5, 0.6) is 0 Å². The fourth-order valence-electron chi connectivity index (χ4n) is 2.21. The lowest BCUT2D eigenvalue weighted by Crippen LogP contribution is -2.58. The van der Waals surface area contributed by atoms with Crippen molar-refractivity contribution in [2.24, 2.45) is 0 Å². The van der Waals surface area contributed by atoms with Gasteiger partial charge in [-0.3, -0.25) is 0 Å². The van der Waals surface area contributed by atoms with Crippen molar-refractivity contribution in [2.75, 3.05) is 13.7 Å². The lowest BCUT2D eigenvalue weighted by Gasteiger charge is -2.44. The fourth-order valence-corrected chi connectivity index (χ4v) is 2.21. The Balaban J connectivity index is 2.60. The van der Waals surface area contributed by atoms with Crippen LogP contribution in [0.2, 0.25) is 0 Å². The van der Waals surface area contributed by atoms with Crippen LogP contribution in [0.15, 0.2) is 0 Å². The first-order valence-corrected chi connectivity index (χ1v) is 5.74. The number of nitrogens with one attached hydrogen (secondary N) is 1. The number of hydrogen-bond donors (Lipinski definition) is 1. The maximum Gasteiger partial charge on any atom is 0.0810 e. The zero-order chi connectivity index (χ0) is 11.7. The number of morpholine rings is 1. The van der Waals surface area contributed by atoms with Gasteiger partial charge in [0.25, 0.3) is 0 Å². The van der Waals surface area contributed by atoms with E-state index in [0.717, 1.165) is 13.0 Å². The van der Waals surface area contributed by atoms with Crippen LogP contribution in [0, 0.1) is 0 Å². The number of hydrogen-bond acceptors (Lipinski definition) is 3. The van der Waals surface area contributed by atoms with E-state index in [1.165, 1.54) is 0 Å². The van der Waals surface area contributed by atoms with E-state index < -0.39 is 0 Å². The van der Waals surface area contributed by atoms with Gasteiger partial charge in [0.1, 0.15) is 0 Å². The summed E-state index contributed by atoms with van der Waals surface area (Å²) < 4.78 is 11.5. The minimum atomic E-state index is -0.128. The van der Waals surface area contributed by atoms with Gasteiger partial charge in [-0.15, -0.1) is 0 Å². The summed E-state index contributed by atoms with van der Waals surface area (Å²) in [7, 11) is 1.76. The molecule has 1 saturated heterocycles. The first kappa shape index (κ1) is 12.9. The second kappa shape index (κ2) is 4.40. The molecule has 15 heavy (non-hydrogen) atoms. The predicted octanol–water partition coefficient (Wildman–Crippen LogP) is 1.96. The maximum absolute atomic E-state index is 6.08. The van der Waals surface area contributed by atoms with Gasteiger partial charge in [0.15, 0.2) is 0 Å². The molecular formula is C12H25NO2. The van der Waals surface area contributed by atoms with E-state index in [1.54, 1.807) is 7.11 Å². The van der Waals surface area contributed by atoms with Crippen molar-refractivity contribution in [2.45, 2.75) is 64.4 Å². The Morgan fingerprint density at radius 3 is 2.53 bits per heavy atom. The number of rotatable bonds is 3. The molecule has 0 aromatic carbocycles. The van der Waals surface area contributed by atoms with Crippen LogP contribution in [-0.2, 0) is 9.47 Å². The highest BCUT2D eigenvalue weighted by molar-refractivity contribution is 4.92. The normalized spacial score (nSPS) is 38.0. The standard InChI is InChI=1S/C12H25NO2/c1-9-10(2)15-12(5,8-13-9)7-11(3,4)14-6/h9-10,13H,7-8H2,1-6H3. The van der Waals surface area contributed by atoms with Gasteiger partial charge in [-0.1, -0.05) is 0 Å². The molecule has 0 amide bonds. The quantitative estimate of drug-likeness (QED) is 0.780. The highest BCUT2D eigenvalue weighted by atomic mass is 16.5. The third-order valence-corrected chi connectivity index (χ3v) is 3.32. The Kier molecular flexibility index (Phi) is 3.80. The number of methoxy groups -OCH3 is 1. The predicted molar refractivity (Wildman–Crippen MR) is 62.1 cm³/mol. The van der Waals surface area contributed by atoms with Crippen molar-refractivity contribution < 1.29 is 9.47 Å². The smallest absolute Gasteiger partial charge is 0.0810 e. The van der Waals surface area contributed by atoms with Gasteiger partial charge in [-0.05, 0) is 34.6 Å². The summed E-state index contributed by atoms with van der Waals surface area (Å²) in [6.45, 7) is 11.5. The largest absolute Gasteiger partial charge is 0.379 e. The molecule has 0 bridgehead atoms. The summed E-state index contributed by atoms with van der Waals surface area (Å²) in [6, 6.07) is 0.434. The van der Waals surface area contributed by atoms with Crippen molar-refractivity contribution in [3.8, 4) is 0 Å². The molecule has 1 N–H and O–H groups in total. The third kappa shape index (κ3) is 3.44. The summed E-state index contributed by atoms with van der Waals surface area (Å²) >= 11 is 0. The highest BCUT2D eigenvalue weighted by Crippen LogP contribution is 2.29. The van der Waals surface area contributed by atoms with Gasteiger partial charge < -0.3 is 14.8 Å². The van der Waals surface area contributed by atoms with Crippen molar-refractivity contribution in [1.82, 2.24) is 5.32 Å². The minimum Gasteiger partial charge on any atom is -0.379 e. The minimum absolute atomic E-state index is 0.120. The molecule has 3 atom stereocenters. The molecule has 0 aliphatic carbocycles. The van der Waals surface area contributed by atoms with Crippen molar-refractivity contribution in [3.05, 3.63) is 0 Å². The van der Waals surface area contributed by atoms with E-state index >= 15 is 0 Å². The highest BCUT2D eigenvalue weighted by Gasteiger charge is 2.38. The van der Waals surface area contributed by atoms with Gasteiger partial charge >= 0.3 is 0 Å². The molecule has 3 heteroatoms. The van der Waals surface area contributed by atoms with Crippen LogP contribution in [0.3, 0.4) is 0 Å². The van der Waals surface area contributed by atoms with E-state index in [2.05, 4.69) is 39.9 Å². The zero-order valence-corrected chi connectivity index (χ0v) is 10.9. The average Bonchev–Trinajstić information content (AvgIpc) is 2.11. The van der Waals surface area contributed by atoms with E-state index in [9.17, 15) is 0 Å². The molecule has 0 radical (unpaired) electrons.